The van der Waals surface area contributed by atoms with Crippen molar-refractivity contribution in [2.75, 3.05) is 26.1 Å². The number of anilines is 1. The Labute approximate surface area is 171 Å². The molecule has 2 aromatic rings. The van der Waals surface area contributed by atoms with Gasteiger partial charge in [0, 0.05) is 12.6 Å². The lowest BCUT2D eigenvalue weighted by molar-refractivity contribution is 0.156. The first-order chi connectivity index (χ1) is 13.9. The third-order valence-corrected chi connectivity index (χ3v) is 4.85. The number of hydrogen-bond acceptors (Lipinski definition) is 6. The second kappa shape index (κ2) is 8.94. The zero-order chi connectivity index (χ0) is 21.0. The first-order valence-electron chi connectivity index (χ1n) is 9.64. The standard InChI is InChI=1S/C22H28N2O5/c1-14(2)23-18-10-15(5-7-19(18)25)9-17-13-29-22(26)24(17)12-16-6-8-20(27-3)21(11-16)28-4/h5-8,10-11,14,17,23,25H,9,12-13H2,1-4H3. The Kier molecular flexibility index (Phi) is 6.36. The van der Waals surface area contributed by atoms with Crippen LogP contribution in [0.1, 0.15) is 25.0 Å². The summed E-state index contributed by atoms with van der Waals surface area (Å²) in [6.45, 7) is 4.78. The minimum Gasteiger partial charge on any atom is -0.506 e. The normalized spacial score (nSPS) is 16.1. The van der Waals surface area contributed by atoms with Crippen molar-refractivity contribution in [2.45, 2.75) is 38.9 Å². The van der Waals surface area contributed by atoms with E-state index in [0.29, 0.717) is 36.8 Å². The van der Waals surface area contributed by atoms with E-state index >= 15 is 0 Å². The maximum absolute atomic E-state index is 12.3. The number of nitrogens with one attached hydrogen (secondary N) is 1. The van der Waals surface area contributed by atoms with Crippen LogP contribution in [0.4, 0.5) is 10.5 Å². The van der Waals surface area contributed by atoms with Crippen molar-refractivity contribution in [2.24, 2.45) is 0 Å². The molecule has 0 aliphatic carbocycles. The molecular formula is C22H28N2O5. The third-order valence-electron chi connectivity index (χ3n) is 4.85. The van der Waals surface area contributed by atoms with Crippen LogP contribution in [-0.2, 0) is 17.7 Å². The SMILES string of the molecule is COc1ccc(CN2C(=O)OCC2Cc2ccc(O)c(NC(C)C)c2)cc1OC. The number of ether oxygens (including phenoxy) is 3. The zero-order valence-electron chi connectivity index (χ0n) is 17.3. The lowest BCUT2D eigenvalue weighted by Crippen LogP contribution is -2.34. The molecule has 0 radical (unpaired) electrons. The summed E-state index contributed by atoms with van der Waals surface area (Å²) >= 11 is 0. The molecule has 29 heavy (non-hydrogen) atoms. The molecule has 1 aliphatic rings. The maximum Gasteiger partial charge on any atom is 0.410 e. The molecular weight excluding hydrogens is 372 g/mol. The lowest BCUT2D eigenvalue weighted by Gasteiger charge is -2.22. The molecule has 1 aliphatic heterocycles. The van der Waals surface area contributed by atoms with E-state index in [4.69, 9.17) is 14.2 Å². The summed E-state index contributed by atoms with van der Waals surface area (Å²) in [6.07, 6.45) is 0.301. The number of methoxy groups -OCH3 is 2. The molecule has 7 nitrogen and oxygen atoms in total. The van der Waals surface area contributed by atoms with Crippen molar-refractivity contribution in [3.05, 3.63) is 47.5 Å². The summed E-state index contributed by atoms with van der Waals surface area (Å²) in [5.41, 5.74) is 2.64. The van der Waals surface area contributed by atoms with E-state index in [2.05, 4.69) is 5.32 Å². The molecule has 1 saturated heterocycles. The Morgan fingerprint density at radius 3 is 2.55 bits per heavy atom. The molecule has 1 unspecified atom stereocenters. The van der Waals surface area contributed by atoms with Crippen LogP contribution in [0.2, 0.25) is 0 Å². The Balaban J connectivity index is 1.76. The molecule has 156 valence electrons. The molecule has 3 rings (SSSR count). The number of carbonyl (C=O) groups is 1. The second-order valence-electron chi connectivity index (χ2n) is 7.40. The second-order valence-corrected chi connectivity index (χ2v) is 7.40. The van der Waals surface area contributed by atoms with E-state index in [1.54, 1.807) is 25.2 Å². The van der Waals surface area contributed by atoms with Gasteiger partial charge in [-0.05, 0) is 55.7 Å². The van der Waals surface area contributed by atoms with Crippen molar-refractivity contribution in [3.63, 3.8) is 0 Å². The van der Waals surface area contributed by atoms with E-state index in [-0.39, 0.29) is 23.9 Å². The van der Waals surface area contributed by atoms with Crippen LogP contribution in [0, 0.1) is 0 Å². The highest BCUT2D eigenvalue weighted by molar-refractivity contribution is 5.70. The van der Waals surface area contributed by atoms with Crippen LogP contribution < -0.4 is 14.8 Å². The van der Waals surface area contributed by atoms with Crippen LogP contribution in [0.5, 0.6) is 17.2 Å². The number of amides is 1. The first-order valence-corrected chi connectivity index (χ1v) is 9.64. The van der Waals surface area contributed by atoms with E-state index in [0.717, 1.165) is 11.1 Å². The van der Waals surface area contributed by atoms with Gasteiger partial charge in [-0.3, -0.25) is 4.90 Å². The van der Waals surface area contributed by atoms with Crippen LogP contribution >= 0.6 is 0 Å². The lowest BCUT2D eigenvalue weighted by atomic mass is 10.0. The topological polar surface area (TPSA) is 80.3 Å². The summed E-state index contributed by atoms with van der Waals surface area (Å²) in [7, 11) is 3.17. The number of cyclic esters (lactones) is 1. The predicted octanol–water partition coefficient (Wildman–Crippen LogP) is 3.79. The van der Waals surface area contributed by atoms with Gasteiger partial charge < -0.3 is 24.6 Å². The van der Waals surface area contributed by atoms with Crippen LogP contribution in [0.15, 0.2) is 36.4 Å². The van der Waals surface area contributed by atoms with Crippen molar-refractivity contribution in [1.29, 1.82) is 0 Å². The van der Waals surface area contributed by atoms with Crippen molar-refractivity contribution < 1.29 is 24.1 Å². The Morgan fingerprint density at radius 1 is 1.14 bits per heavy atom. The maximum atomic E-state index is 12.3. The third kappa shape index (κ3) is 4.85. The molecule has 1 fully saturated rings. The van der Waals surface area contributed by atoms with Gasteiger partial charge >= 0.3 is 6.09 Å². The van der Waals surface area contributed by atoms with Gasteiger partial charge in [0.25, 0.3) is 0 Å². The molecule has 1 amide bonds. The van der Waals surface area contributed by atoms with Crippen molar-refractivity contribution >= 4 is 11.8 Å². The number of phenolic OH excluding ortho intramolecular Hbond substituents is 1. The highest BCUT2D eigenvalue weighted by Gasteiger charge is 2.33. The Hall–Kier alpha value is -3.09. The number of benzene rings is 2. The van der Waals surface area contributed by atoms with Gasteiger partial charge in [0.05, 0.1) is 25.9 Å². The van der Waals surface area contributed by atoms with Gasteiger partial charge in [0.1, 0.15) is 12.4 Å². The van der Waals surface area contributed by atoms with Gasteiger partial charge in [0.2, 0.25) is 0 Å². The van der Waals surface area contributed by atoms with Gasteiger partial charge in [-0.1, -0.05) is 12.1 Å². The van der Waals surface area contributed by atoms with Crippen LogP contribution in [0.3, 0.4) is 0 Å². The van der Waals surface area contributed by atoms with E-state index < -0.39 is 0 Å². The summed E-state index contributed by atoms with van der Waals surface area (Å²) in [6, 6.07) is 11.2. The predicted molar refractivity (Wildman–Crippen MR) is 111 cm³/mol. The number of hydrogen-bond donors (Lipinski definition) is 2. The fourth-order valence-electron chi connectivity index (χ4n) is 3.44. The molecule has 0 spiro atoms. The minimum atomic E-state index is -0.330. The summed E-state index contributed by atoms with van der Waals surface area (Å²) in [5, 5.41) is 13.3. The fraction of sp³-hybridized carbons (Fsp3) is 0.409. The molecule has 0 bridgehead atoms. The number of phenols is 1. The van der Waals surface area contributed by atoms with Gasteiger partial charge in [-0.15, -0.1) is 0 Å². The number of nitrogens with zero attached hydrogens (tertiary/aromatic N) is 1. The van der Waals surface area contributed by atoms with Crippen molar-refractivity contribution in [1.82, 2.24) is 4.90 Å². The van der Waals surface area contributed by atoms with Gasteiger partial charge in [0.15, 0.2) is 11.5 Å². The number of rotatable bonds is 8. The van der Waals surface area contributed by atoms with E-state index in [1.165, 1.54) is 0 Å². The highest BCUT2D eigenvalue weighted by Crippen LogP contribution is 2.30. The van der Waals surface area contributed by atoms with Crippen LogP contribution in [-0.4, -0.2) is 49.0 Å². The van der Waals surface area contributed by atoms with Crippen LogP contribution in [0.25, 0.3) is 0 Å². The number of aromatic hydroxyl groups is 1. The molecule has 2 aromatic carbocycles. The summed E-state index contributed by atoms with van der Waals surface area (Å²) in [4.78, 5) is 14.0. The molecule has 0 saturated carbocycles. The average Bonchev–Trinajstić information content (AvgIpc) is 3.03. The largest absolute Gasteiger partial charge is 0.506 e. The summed E-state index contributed by atoms with van der Waals surface area (Å²) < 4.78 is 15.9. The quantitative estimate of drug-likeness (QED) is 0.656. The molecule has 2 N–H and O–H groups in total. The van der Waals surface area contributed by atoms with Gasteiger partial charge in [-0.25, -0.2) is 4.79 Å². The van der Waals surface area contributed by atoms with Gasteiger partial charge in [-0.2, -0.15) is 0 Å². The zero-order valence-corrected chi connectivity index (χ0v) is 17.3. The fourth-order valence-corrected chi connectivity index (χ4v) is 3.44. The van der Waals surface area contributed by atoms with E-state index in [1.807, 2.05) is 44.2 Å². The Bertz CT molecular complexity index is 868. The molecule has 7 heteroatoms. The molecule has 1 atom stereocenters. The smallest absolute Gasteiger partial charge is 0.410 e. The summed E-state index contributed by atoms with van der Waals surface area (Å²) in [5.74, 6) is 1.48. The monoisotopic (exact) mass is 400 g/mol. The molecule has 0 aromatic heterocycles. The minimum absolute atomic E-state index is 0.0907. The van der Waals surface area contributed by atoms with E-state index in [9.17, 15) is 9.90 Å². The highest BCUT2D eigenvalue weighted by atomic mass is 16.6. The van der Waals surface area contributed by atoms with Crippen molar-refractivity contribution in [3.8, 4) is 17.2 Å². The molecule has 1 heterocycles. The first kappa shape index (κ1) is 20.6. The average molecular weight is 400 g/mol. The Morgan fingerprint density at radius 2 is 1.86 bits per heavy atom. The number of carbonyl (C=O) groups excluding carboxylic acids is 1.